The van der Waals surface area contributed by atoms with Crippen LogP contribution in [0.2, 0.25) is 0 Å². The number of rotatable bonds is 7. The van der Waals surface area contributed by atoms with Crippen molar-refractivity contribution in [3.8, 4) is 17.3 Å². The molecule has 3 aliphatic rings. The minimum absolute atomic E-state index is 0.00339. The molecular weight excluding hydrogens is 452 g/mol. The van der Waals surface area contributed by atoms with Crippen LogP contribution >= 0.6 is 0 Å². The lowest BCUT2D eigenvalue weighted by Gasteiger charge is -2.21. The van der Waals surface area contributed by atoms with Gasteiger partial charge in [0.05, 0.1) is 48.1 Å². The van der Waals surface area contributed by atoms with Gasteiger partial charge in [-0.15, -0.1) is 0 Å². The van der Waals surface area contributed by atoms with Crippen molar-refractivity contribution in [3.05, 3.63) is 58.5 Å². The summed E-state index contributed by atoms with van der Waals surface area (Å²) in [6.45, 7) is 3.88. The van der Waals surface area contributed by atoms with E-state index in [4.69, 9.17) is 14.7 Å². The second-order valence-electron chi connectivity index (χ2n) is 10.4. The second-order valence-corrected chi connectivity index (χ2v) is 10.4. The normalized spacial score (nSPS) is 20.2. The van der Waals surface area contributed by atoms with Gasteiger partial charge in [0.2, 0.25) is 5.95 Å². The maximum Gasteiger partial charge on any atom is 0.227 e. The molecule has 8 heteroatoms. The molecule has 8 nitrogen and oxygen atoms in total. The molecule has 0 amide bonds. The Morgan fingerprint density at radius 2 is 2.17 bits per heavy atom. The van der Waals surface area contributed by atoms with Crippen molar-refractivity contribution in [2.45, 2.75) is 51.0 Å². The Morgan fingerprint density at radius 1 is 1.28 bits per heavy atom. The minimum Gasteiger partial charge on any atom is -0.395 e. The number of fused-ring (bicyclic) bond motifs is 2. The van der Waals surface area contributed by atoms with Gasteiger partial charge in [-0.1, -0.05) is 19.8 Å². The summed E-state index contributed by atoms with van der Waals surface area (Å²) in [6, 6.07) is 10.2. The predicted octanol–water partition coefficient (Wildman–Crippen LogP) is 4.24. The highest BCUT2D eigenvalue weighted by Crippen LogP contribution is 2.41. The van der Waals surface area contributed by atoms with Crippen molar-refractivity contribution in [3.63, 3.8) is 0 Å². The number of hydrogen-bond donors (Lipinski definition) is 3. The lowest BCUT2D eigenvalue weighted by atomic mass is 9.83. The first-order valence-electron chi connectivity index (χ1n) is 12.7. The van der Waals surface area contributed by atoms with Crippen molar-refractivity contribution in [2.75, 3.05) is 30.4 Å². The monoisotopic (exact) mass is 482 g/mol. The van der Waals surface area contributed by atoms with Crippen molar-refractivity contribution in [2.24, 2.45) is 5.92 Å². The van der Waals surface area contributed by atoms with Gasteiger partial charge >= 0.3 is 0 Å². The van der Waals surface area contributed by atoms with E-state index in [1.165, 1.54) is 12.8 Å². The summed E-state index contributed by atoms with van der Waals surface area (Å²) in [4.78, 5) is 14.3. The van der Waals surface area contributed by atoms with Crippen LogP contribution in [-0.2, 0) is 29.6 Å². The number of benzene rings is 1. The molecule has 0 saturated heterocycles. The average molecular weight is 483 g/mol. The first kappa shape index (κ1) is 22.9. The van der Waals surface area contributed by atoms with Gasteiger partial charge in [-0.3, -0.25) is 4.98 Å². The molecule has 1 fully saturated rings. The third-order valence-electron chi connectivity index (χ3n) is 7.61. The highest BCUT2D eigenvalue weighted by molar-refractivity contribution is 5.76. The zero-order chi connectivity index (χ0) is 24.7. The summed E-state index contributed by atoms with van der Waals surface area (Å²) in [5, 5.41) is 26.5. The number of aromatic nitrogens is 3. The highest BCUT2D eigenvalue weighted by Gasteiger charge is 2.36. The molecule has 0 radical (unpaired) electrons. The van der Waals surface area contributed by atoms with Crippen LogP contribution in [0.4, 0.5) is 17.3 Å². The molecule has 3 aromatic rings. The summed E-state index contributed by atoms with van der Waals surface area (Å²) >= 11 is 0. The van der Waals surface area contributed by atoms with E-state index in [1.807, 2.05) is 25.1 Å². The Kier molecular flexibility index (Phi) is 5.82. The third-order valence-corrected chi connectivity index (χ3v) is 7.61. The molecule has 1 aromatic carbocycles. The SMILES string of the molecule is CC1(CO)CNc2c(C#N)cc(-c3ccnc(Nc4cc5c(nc4CCC4CC4)CCOC5)n3)cc21. The Morgan fingerprint density at radius 3 is 2.97 bits per heavy atom. The van der Waals surface area contributed by atoms with Crippen LogP contribution in [0.5, 0.6) is 0 Å². The lowest BCUT2D eigenvalue weighted by Crippen LogP contribution is -2.28. The summed E-state index contributed by atoms with van der Waals surface area (Å²) in [5.41, 5.74) is 7.62. The van der Waals surface area contributed by atoms with Crippen LogP contribution < -0.4 is 10.6 Å². The molecule has 2 aliphatic heterocycles. The lowest BCUT2D eigenvalue weighted by molar-refractivity contribution is 0.109. The van der Waals surface area contributed by atoms with E-state index in [0.717, 1.165) is 71.2 Å². The second kappa shape index (κ2) is 9.16. The van der Waals surface area contributed by atoms with Gasteiger partial charge < -0.3 is 20.5 Å². The van der Waals surface area contributed by atoms with Gasteiger partial charge in [-0.25, -0.2) is 9.97 Å². The molecule has 2 aromatic heterocycles. The van der Waals surface area contributed by atoms with E-state index in [9.17, 15) is 10.4 Å². The van der Waals surface area contributed by atoms with E-state index < -0.39 is 5.41 Å². The number of nitrogens with one attached hydrogen (secondary N) is 2. The van der Waals surface area contributed by atoms with Crippen molar-refractivity contribution in [1.82, 2.24) is 15.0 Å². The minimum atomic E-state index is -0.446. The van der Waals surface area contributed by atoms with E-state index >= 15 is 0 Å². The van der Waals surface area contributed by atoms with Crippen molar-refractivity contribution < 1.29 is 9.84 Å². The van der Waals surface area contributed by atoms with Gasteiger partial charge in [0.1, 0.15) is 6.07 Å². The number of nitriles is 1. The van der Waals surface area contributed by atoms with E-state index in [2.05, 4.69) is 27.8 Å². The number of aliphatic hydroxyl groups is 1. The third kappa shape index (κ3) is 4.29. The van der Waals surface area contributed by atoms with E-state index in [0.29, 0.717) is 30.4 Å². The molecule has 0 bridgehead atoms. The van der Waals surface area contributed by atoms with Gasteiger partial charge in [0.15, 0.2) is 0 Å². The maximum absolute atomic E-state index is 10.0. The van der Waals surface area contributed by atoms with Crippen LogP contribution in [0.15, 0.2) is 30.5 Å². The fourth-order valence-corrected chi connectivity index (χ4v) is 5.14. The summed E-state index contributed by atoms with van der Waals surface area (Å²) in [7, 11) is 0. The smallest absolute Gasteiger partial charge is 0.227 e. The maximum atomic E-state index is 10.0. The van der Waals surface area contributed by atoms with Crippen LogP contribution in [0, 0.1) is 17.2 Å². The molecular formula is C28H30N6O2. The number of ether oxygens (including phenoxy) is 1. The van der Waals surface area contributed by atoms with E-state index in [1.54, 1.807) is 6.20 Å². The standard InChI is InChI=1S/C28H30N6O2/c1-28(16-35)15-31-26-19(13-29)10-18(11-21(26)28)22-6-8-30-27(33-22)34-25-12-20-14-36-9-7-23(20)32-24(25)5-4-17-2-3-17/h6,8,10-12,17,31,35H,2-5,7,9,14-16H2,1H3,(H,30,33,34). The van der Waals surface area contributed by atoms with Gasteiger partial charge in [-0.2, -0.15) is 5.26 Å². The molecule has 0 spiro atoms. The molecule has 36 heavy (non-hydrogen) atoms. The number of nitrogens with zero attached hydrogens (tertiary/aromatic N) is 4. The van der Waals surface area contributed by atoms with Crippen LogP contribution in [-0.4, -0.2) is 39.8 Å². The Labute approximate surface area is 210 Å². The van der Waals surface area contributed by atoms with E-state index in [-0.39, 0.29) is 6.61 Å². The molecule has 3 N–H and O–H groups in total. The number of aliphatic hydroxyl groups excluding tert-OH is 1. The summed E-state index contributed by atoms with van der Waals surface area (Å²) < 4.78 is 5.66. The first-order chi connectivity index (χ1) is 17.6. The molecule has 1 saturated carbocycles. The quantitative estimate of drug-likeness (QED) is 0.458. The summed E-state index contributed by atoms with van der Waals surface area (Å²) in [5.74, 6) is 1.31. The summed E-state index contributed by atoms with van der Waals surface area (Å²) in [6.07, 6.45) is 7.31. The molecule has 4 heterocycles. The highest BCUT2D eigenvalue weighted by atomic mass is 16.5. The number of hydrogen-bond acceptors (Lipinski definition) is 8. The fourth-order valence-electron chi connectivity index (χ4n) is 5.14. The largest absolute Gasteiger partial charge is 0.395 e. The number of anilines is 3. The molecule has 1 aliphatic carbocycles. The number of pyridine rings is 1. The topological polar surface area (TPSA) is 116 Å². The van der Waals surface area contributed by atoms with Crippen LogP contribution in [0.3, 0.4) is 0 Å². The Bertz CT molecular complexity index is 1360. The number of aryl methyl sites for hydroxylation is 1. The van der Waals surface area contributed by atoms with Gasteiger partial charge in [-0.05, 0) is 48.6 Å². The molecule has 184 valence electrons. The van der Waals surface area contributed by atoms with Crippen LogP contribution in [0.1, 0.15) is 54.3 Å². The Balaban J connectivity index is 1.34. The van der Waals surface area contributed by atoms with Crippen molar-refractivity contribution >= 4 is 17.3 Å². The molecule has 1 atom stereocenters. The van der Waals surface area contributed by atoms with Crippen LogP contribution in [0.25, 0.3) is 11.3 Å². The molecule has 1 unspecified atom stereocenters. The van der Waals surface area contributed by atoms with Gasteiger partial charge in [0.25, 0.3) is 0 Å². The zero-order valence-corrected chi connectivity index (χ0v) is 20.5. The zero-order valence-electron chi connectivity index (χ0n) is 20.5. The molecule has 6 rings (SSSR count). The first-order valence-corrected chi connectivity index (χ1v) is 12.7. The van der Waals surface area contributed by atoms with Gasteiger partial charge in [0, 0.05) is 41.4 Å². The Hall–Kier alpha value is -3.54. The predicted molar refractivity (Wildman–Crippen MR) is 137 cm³/mol. The fraction of sp³-hybridized carbons (Fsp3) is 0.429. The van der Waals surface area contributed by atoms with Crippen molar-refractivity contribution in [1.29, 1.82) is 5.26 Å². The average Bonchev–Trinajstić information content (AvgIpc) is 3.69.